The zero-order valence-corrected chi connectivity index (χ0v) is 20.1. The second-order valence-electron chi connectivity index (χ2n) is 9.45. The van der Waals surface area contributed by atoms with Crippen LogP contribution in [-0.4, -0.2) is 65.5 Å². The van der Waals surface area contributed by atoms with Gasteiger partial charge >= 0.3 is 6.03 Å². The highest BCUT2D eigenvalue weighted by molar-refractivity contribution is 5.97. The molecule has 8 nitrogen and oxygen atoms in total. The van der Waals surface area contributed by atoms with E-state index in [-0.39, 0.29) is 30.4 Å². The van der Waals surface area contributed by atoms with Gasteiger partial charge in [-0.25, -0.2) is 4.79 Å². The van der Waals surface area contributed by atoms with E-state index in [1.165, 1.54) is 0 Å². The van der Waals surface area contributed by atoms with Crippen LogP contribution in [0.1, 0.15) is 32.3 Å². The third-order valence-electron chi connectivity index (χ3n) is 6.51. The number of rotatable bonds is 5. The summed E-state index contributed by atoms with van der Waals surface area (Å²) < 4.78 is 0. The summed E-state index contributed by atoms with van der Waals surface area (Å²) in [4.78, 5) is 44.5. The third-order valence-corrected chi connectivity index (χ3v) is 6.51. The number of nitrogens with zero attached hydrogens (tertiary/aromatic N) is 3. The van der Waals surface area contributed by atoms with Gasteiger partial charge in [0, 0.05) is 30.5 Å². The molecular weight excluding hydrogens is 430 g/mol. The predicted molar refractivity (Wildman–Crippen MR) is 133 cm³/mol. The SMILES string of the molecule is Cc1cccc(NC(=O)N2CCC3(CC2)C(=O)N(CC(=O)NC(C)C)CN3c2ccccc2)c1. The van der Waals surface area contributed by atoms with E-state index < -0.39 is 5.54 Å². The summed E-state index contributed by atoms with van der Waals surface area (Å²) in [5, 5.41) is 5.84. The maximum Gasteiger partial charge on any atom is 0.321 e. The molecule has 8 heteroatoms. The lowest BCUT2D eigenvalue weighted by atomic mass is 9.85. The highest BCUT2D eigenvalue weighted by Gasteiger charge is 2.54. The number of amides is 4. The number of piperidine rings is 1. The van der Waals surface area contributed by atoms with Gasteiger partial charge in [-0.1, -0.05) is 30.3 Å². The first-order chi connectivity index (χ1) is 16.3. The molecule has 0 aromatic heterocycles. The molecule has 2 fully saturated rings. The van der Waals surface area contributed by atoms with Crippen molar-refractivity contribution in [2.24, 2.45) is 0 Å². The van der Waals surface area contributed by atoms with Crippen LogP contribution in [0.4, 0.5) is 16.2 Å². The summed E-state index contributed by atoms with van der Waals surface area (Å²) in [7, 11) is 0. The smallest absolute Gasteiger partial charge is 0.321 e. The van der Waals surface area contributed by atoms with Crippen LogP contribution in [0.15, 0.2) is 54.6 Å². The fourth-order valence-electron chi connectivity index (χ4n) is 4.87. The Morgan fingerprint density at radius 3 is 2.38 bits per heavy atom. The highest BCUT2D eigenvalue weighted by Crippen LogP contribution is 2.39. The van der Waals surface area contributed by atoms with Gasteiger partial charge < -0.3 is 25.3 Å². The van der Waals surface area contributed by atoms with E-state index in [2.05, 4.69) is 15.5 Å². The Bertz CT molecular complexity index is 1050. The molecule has 0 radical (unpaired) electrons. The summed E-state index contributed by atoms with van der Waals surface area (Å²) in [5.41, 5.74) is 2.02. The minimum atomic E-state index is -0.764. The van der Waals surface area contributed by atoms with Gasteiger partial charge in [0.15, 0.2) is 0 Å². The van der Waals surface area contributed by atoms with Gasteiger partial charge in [-0.3, -0.25) is 9.59 Å². The van der Waals surface area contributed by atoms with E-state index in [1.54, 1.807) is 9.80 Å². The molecule has 2 aromatic rings. The van der Waals surface area contributed by atoms with Crippen molar-refractivity contribution in [3.8, 4) is 0 Å². The molecule has 2 saturated heterocycles. The standard InChI is InChI=1S/C26H33N5O3/c1-19(2)27-23(32)17-30-18-31(22-10-5-4-6-11-22)26(24(30)33)12-14-29(15-13-26)25(34)28-21-9-7-8-20(3)16-21/h4-11,16,19H,12-15,17-18H2,1-3H3,(H,27,32)(H,28,34). The van der Waals surface area contributed by atoms with E-state index in [1.807, 2.05) is 75.4 Å². The molecule has 180 valence electrons. The Hall–Kier alpha value is -3.55. The summed E-state index contributed by atoms with van der Waals surface area (Å²) in [5.74, 6) is -0.211. The van der Waals surface area contributed by atoms with Crippen LogP contribution in [0.25, 0.3) is 0 Å². The maximum atomic E-state index is 13.7. The molecule has 1 spiro atoms. The summed E-state index contributed by atoms with van der Waals surface area (Å²) in [6.45, 7) is 7.08. The Morgan fingerprint density at radius 2 is 1.74 bits per heavy atom. The first kappa shape index (κ1) is 23.6. The number of nitrogens with one attached hydrogen (secondary N) is 2. The van der Waals surface area contributed by atoms with Crippen LogP contribution in [0.5, 0.6) is 0 Å². The Labute approximate surface area is 200 Å². The van der Waals surface area contributed by atoms with Crippen LogP contribution in [-0.2, 0) is 9.59 Å². The topological polar surface area (TPSA) is 85.0 Å². The number of hydrogen-bond donors (Lipinski definition) is 2. The van der Waals surface area contributed by atoms with E-state index in [9.17, 15) is 14.4 Å². The second kappa shape index (κ2) is 9.75. The predicted octanol–water partition coefficient (Wildman–Crippen LogP) is 3.19. The van der Waals surface area contributed by atoms with Crippen molar-refractivity contribution >= 4 is 29.2 Å². The largest absolute Gasteiger partial charge is 0.352 e. The molecular formula is C26H33N5O3. The third kappa shape index (κ3) is 4.85. The zero-order valence-electron chi connectivity index (χ0n) is 20.1. The number of carbonyl (C=O) groups excluding carboxylic acids is 3. The zero-order chi connectivity index (χ0) is 24.3. The van der Waals surface area contributed by atoms with Gasteiger partial charge in [0.25, 0.3) is 5.91 Å². The van der Waals surface area contributed by atoms with Gasteiger partial charge in [-0.2, -0.15) is 0 Å². The normalized spacial score (nSPS) is 17.4. The van der Waals surface area contributed by atoms with Gasteiger partial charge in [0.1, 0.15) is 12.1 Å². The number of anilines is 2. The van der Waals surface area contributed by atoms with Gasteiger partial charge in [0.2, 0.25) is 5.91 Å². The molecule has 4 amide bonds. The first-order valence-electron chi connectivity index (χ1n) is 11.8. The van der Waals surface area contributed by atoms with Crippen LogP contribution >= 0.6 is 0 Å². The number of aryl methyl sites for hydroxylation is 1. The summed E-state index contributed by atoms with van der Waals surface area (Å²) in [6.07, 6.45) is 1.01. The molecule has 2 aliphatic rings. The number of carbonyl (C=O) groups is 3. The molecule has 2 aliphatic heterocycles. The first-order valence-corrected chi connectivity index (χ1v) is 11.8. The number of benzene rings is 2. The molecule has 0 saturated carbocycles. The van der Waals surface area contributed by atoms with E-state index in [0.29, 0.717) is 32.6 Å². The minimum Gasteiger partial charge on any atom is -0.352 e. The Balaban J connectivity index is 1.50. The molecule has 2 N–H and O–H groups in total. The van der Waals surface area contributed by atoms with Crippen LogP contribution in [0.3, 0.4) is 0 Å². The Morgan fingerprint density at radius 1 is 1.03 bits per heavy atom. The lowest BCUT2D eigenvalue weighted by Gasteiger charge is -2.43. The van der Waals surface area contributed by atoms with Gasteiger partial charge in [-0.15, -0.1) is 0 Å². The van der Waals surface area contributed by atoms with Crippen molar-refractivity contribution in [1.82, 2.24) is 15.1 Å². The molecule has 0 bridgehead atoms. The van der Waals surface area contributed by atoms with E-state index in [4.69, 9.17) is 0 Å². The van der Waals surface area contributed by atoms with Crippen LogP contribution in [0.2, 0.25) is 0 Å². The van der Waals surface area contributed by atoms with Gasteiger partial charge in [0.05, 0.1) is 6.67 Å². The molecule has 0 aliphatic carbocycles. The highest BCUT2D eigenvalue weighted by atomic mass is 16.2. The molecule has 2 aromatic carbocycles. The average Bonchev–Trinajstić information content (AvgIpc) is 3.05. The van der Waals surface area contributed by atoms with Crippen molar-refractivity contribution in [3.63, 3.8) is 0 Å². The van der Waals surface area contributed by atoms with Crippen molar-refractivity contribution in [1.29, 1.82) is 0 Å². The second-order valence-corrected chi connectivity index (χ2v) is 9.45. The van der Waals surface area contributed by atoms with E-state index >= 15 is 0 Å². The lowest BCUT2D eigenvalue weighted by Crippen LogP contribution is -2.58. The molecule has 0 atom stereocenters. The van der Waals surface area contributed by atoms with Crippen molar-refractivity contribution in [2.45, 2.75) is 45.2 Å². The van der Waals surface area contributed by atoms with Crippen molar-refractivity contribution in [3.05, 3.63) is 60.2 Å². The average molecular weight is 464 g/mol. The van der Waals surface area contributed by atoms with Crippen LogP contribution in [0, 0.1) is 6.92 Å². The number of hydrogen-bond acceptors (Lipinski definition) is 4. The molecule has 2 heterocycles. The molecule has 0 unspecified atom stereocenters. The van der Waals surface area contributed by atoms with Gasteiger partial charge in [-0.05, 0) is 63.4 Å². The number of para-hydroxylation sites is 1. The monoisotopic (exact) mass is 463 g/mol. The fraction of sp³-hybridized carbons (Fsp3) is 0.423. The lowest BCUT2D eigenvalue weighted by molar-refractivity contribution is -0.137. The van der Waals surface area contributed by atoms with Crippen molar-refractivity contribution in [2.75, 3.05) is 36.5 Å². The Kier molecular flexibility index (Phi) is 6.77. The minimum absolute atomic E-state index is 0.0135. The molecule has 4 rings (SSSR count). The summed E-state index contributed by atoms with van der Waals surface area (Å²) >= 11 is 0. The maximum absolute atomic E-state index is 13.7. The molecule has 34 heavy (non-hydrogen) atoms. The quantitative estimate of drug-likeness (QED) is 0.713. The summed E-state index contributed by atoms with van der Waals surface area (Å²) in [6, 6.07) is 17.4. The fourth-order valence-corrected chi connectivity index (χ4v) is 4.87. The number of likely N-dealkylation sites (tertiary alicyclic amines) is 1. The van der Waals surface area contributed by atoms with Crippen LogP contribution < -0.4 is 15.5 Å². The number of urea groups is 1. The van der Waals surface area contributed by atoms with E-state index in [0.717, 1.165) is 16.9 Å². The van der Waals surface area contributed by atoms with Crippen molar-refractivity contribution < 1.29 is 14.4 Å².